The number of thiazole rings is 1. The van der Waals surface area contributed by atoms with Gasteiger partial charge < -0.3 is 4.42 Å². The third kappa shape index (κ3) is 3.85. The summed E-state index contributed by atoms with van der Waals surface area (Å²) in [6.45, 7) is 1.71. The maximum Gasteiger partial charge on any atom is 0.273 e. The van der Waals surface area contributed by atoms with E-state index in [2.05, 4.69) is 24.3 Å². The molecule has 7 rings (SSSR count). The first kappa shape index (κ1) is 23.8. The minimum atomic E-state index is -0.397. The summed E-state index contributed by atoms with van der Waals surface area (Å²) in [6.07, 6.45) is 3.51. The van der Waals surface area contributed by atoms with Gasteiger partial charge in [-0.05, 0) is 54.5 Å². The lowest BCUT2D eigenvalue weighted by Gasteiger charge is -2.30. The molecule has 2 aliphatic rings. The molecule has 5 aromatic rings. The number of hydrogen-bond acceptors (Lipinski definition) is 7. The molecule has 3 aromatic heterocycles. The van der Waals surface area contributed by atoms with Crippen molar-refractivity contribution >= 4 is 40.1 Å². The Morgan fingerprint density at radius 1 is 1.05 bits per heavy atom. The van der Waals surface area contributed by atoms with E-state index in [0.717, 1.165) is 29.0 Å². The maximum absolute atomic E-state index is 13.8. The standard InChI is InChI=1S/C30H21N3O4S2/c1-17-20(8-4-9-23(17)33(35)36)24-14-12-19(37-24)16-26-29(34)32-28(25-10-5-15-38-25)22-13-11-18-6-2-3-7-21(18)27(22)31-30(32)39-26/h2-10,12,14-16,28H,11,13H2,1H3/b26-16+/t28-/m1/s1. The van der Waals surface area contributed by atoms with Gasteiger partial charge in [0, 0.05) is 33.7 Å². The number of thiophene rings is 1. The van der Waals surface area contributed by atoms with Crippen molar-refractivity contribution in [3.05, 3.63) is 135 Å². The largest absolute Gasteiger partial charge is 0.457 e. The van der Waals surface area contributed by atoms with E-state index in [1.54, 1.807) is 48.6 Å². The van der Waals surface area contributed by atoms with Crippen LogP contribution < -0.4 is 14.9 Å². The van der Waals surface area contributed by atoms with Crippen LogP contribution in [-0.4, -0.2) is 9.49 Å². The van der Waals surface area contributed by atoms with E-state index < -0.39 is 4.92 Å². The van der Waals surface area contributed by atoms with Crippen molar-refractivity contribution in [3.63, 3.8) is 0 Å². The first-order valence-corrected chi connectivity index (χ1v) is 14.2. The topological polar surface area (TPSA) is 90.6 Å². The number of benzene rings is 2. The molecular weight excluding hydrogens is 530 g/mol. The first-order chi connectivity index (χ1) is 19.0. The van der Waals surface area contributed by atoms with Crippen LogP contribution in [0, 0.1) is 17.0 Å². The maximum atomic E-state index is 13.8. The van der Waals surface area contributed by atoms with Gasteiger partial charge in [0.1, 0.15) is 11.5 Å². The zero-order valence-corrected chi connectivity index (χ0v) is 22.4. The van der Waals surface area contributed by atoms with Gasteiger partial charge in [-0.3, -0.25) is 19.5 Å². The van der Waals surface area contributed by atoms with E-state index >= 15 is 0 Å². The average Bonchev–Trinajstić information content (AvgIpc) is 3.70. The number of furan rings is 1. The second-order valence-corrected chi connectivity index (χ2v) is 11.5. The molecule has 0 saturated heterocycles. The molecule has 0 bridgehead atoms. The first-order valence-electron chi connectivity index (χ1n) is 12.5. The number of nitro benzene ring substituents is 1. The Kier molecular flexibility index (Phi) is 5.57. The zero-order chi connectivity index (χ0) is 26.7. The van der Waals surface area contributed by atoms with Crippen molar-refractivity contribution in [2.24, 2.45) is 4.99 Å². The average molecular weight is 552 g/mol. The van der Waals surface area contributed by atoms with Gasteiger partial charge >= 0.3 is 0 Å². The zero-order valence-electron chi connectivity index (χ0n) is 20.8. The highest BCUT2D eigenvalue weighted by Gasteiger charge is 2.33. The van der Waals surface area contributed by atoms with Crippen LogP contribution in [0.15, 0.2) is 91.9 Å². The van der Waals surface area contributed by atoms with Crippen LogP contribution >= 0.6 is 22.7 Å². The second kappa shape index (κ2) is 9.14. The number of aromatic nitrogens is 1. The molecule has 9 heteroatoms. The van der Waals surface area contributed by atoms with Gasteiger partial charge in [0.05, 0.1) is 21.2 Å². The Hall–Kier alpha value is -4.34. The summed E-state index contributed by atoms with van der Waals surface area (Å²) < 4.78 is 8.41. The lowest BCUT2D eigenvalue weighted by molar-refractivity contribution is -0.385. The third-order valence-corrected chi connectivity index (χ3v) is 9.26. The summed E-state index contributed by atoms with van der Waals surface area (Å²) in [5.74, 6) is 1.02. The van der Waals surface area contributed by atoms with Gasteiger partial charge in [0.2, 0.25) is 0 Å². The van der Waals surface area contributed by atoms with Crippen molar-refractivity contribution in [2.75, 3.05) is 0 Å². The molecule has 0 unspecified atom stereocenters. The van der Waals surface area contributed by atoms with Crippen molar-refractivity contribution < 1.29 is 9.34 Å². The molecule has 2 aromatic carbocycles. The molecule has 39 heavy (non-hydrogen) atoms. The molecule has 4 heterocycles. The highest BCUT2D eigenvalue weighted by Crippen LogP contribution is 2.42. The fraction of sp³-hybridized carbons (Fsp3) is 0.133. The minimum absolute atomic E-state index is 0.0397. The molecule has 1 aliphatic heterocycles. The summed E-state index contributed by atoms with van der Waals surface area (Å²) in [7, 11) is 0. The SMILES string of the molecule is Cc1c(-c2ccc(/C=c3/sc4n(c3=O)[C@@H](c3cccs3)C3=C(N=4)c4ccccc4CC3)o2)cccc1[N+](=O)[O-]. The highest BCUT2D eigenvalue weighted by molar-refractivity contribution is 7.10. The number of fused-ring (bicyclic) bond motifs is 3. The molecule has 0 N–H and O–H groups in total. The molecule has 0 radical (unpaired) electrons. The molecule has 0 spiro atoms. The number of hydrogen-bond donors (Lipinski definition) is 0. The van der Waals surface area contributed by atoms with Crippen LogP contribution in [0.4, 0.5) is 5.69 Å². The van der Waals surface area contributed by atoms with Gasteiger partial charge in [-0.25, -0.2) is 4.99 Å². The van der Waals surface area contributed by atoms with E-state index in [1.165, 1.54) is 28.5 Å². The van der Waals surface area contributed by atoms with Crippen LogP contribution in [0.5, 0.6) is 0 Å². The molecular formula is C30H21N3O4S2. The monoisotopic (exact) mass is 551 g/mol. The Morgan fingerprint density at radius 2 is 1.90 bits per heavy atom. The predicted molar refractivity (Wildman–Crippen MR) is 153 cm³/mol. The molecule has 0 fully saturated rings. The lowest BCUT2D eigenvalue weighted by atomic mass is 9.85. The normalized spacial score (nSPS) is 16.4. The Bertz CT molecular complexity index is 1990. The quantitative estimate of drug-likeness (QED) is 0.207. The molecule has 7 nitrogen and oxygen atoms in total. The molecule has 1 atom stereocenters. The fourth-order valence-corrected chi connectivity index (χ4v) is 7.34. The Balaban J connectivity index is 1.37. The molecule has 192 valence electrons. The summed E-state index contributed by atoms with van der Waals surface area (Å²) in [5.41, 5.74) is 5.69. The van der Waals surface area contributed by atoms with Gasteiger partial charge in [-0.1, -0.05) is 53.8 Å². The van der Waals surface area contributed by atoms with E-state index in [1.807, 2.05) is 22.1 Å². The summed E-state index contributed by atoms with van der Waals surface area (Å²) in [6, 6.07) is 20.8. The third-order valence-electron chi connectivity index (χ3n) is 7.35. The van der Waals surface area contributed by atoms with Crippen molar-refractivity contribution in [1.29, 1.82) is 0 Å². The lowest BCUT2D eigenvalue weighted by Crippen LogP contribution is -2.38. The number of nitro groups is 1. The van der Waals surface area contributed by atoms with Crippen molar-refractivity contribution in [3.8, 4) is 11.3 Å². The number of allylic oxidation sites excluding steroid dienone is 1. The van der Waals surface area contributed by atoms with E-state index in [4.69, 9.17) is 9.41 Å². The summed E-state index contributed by atoms with van der Waals surface area (Å²) in [5, 5.41) is 13.4. The second-order valence-electron chi connectivity index (χ2n) is 9.54. The fourth-order valence-electron chi connectivity index (χ4n) is 5.51. The van der Waals surface area contributed by atoms with Crippen molar-refractivity contribution in [1.82, 2.24) is 4.57 Å². The highest BCUT2D eigenvalue weighted by atomic mass is 32.1. The molecule has 1 aliphatic carbocycles. The predicted octanol–water partition coefficient (Wildman–Crippen LogP) is 5.86. The van der Waals surface area contributed by atoms with Crippen molar-refractivity contribution in [2.45, 2.75) is 25.8 Å². The van der Waals surface area contributed by atoms with Crippen LogP contribution in [0.2, 0.25) is 0 Å². The Labute approximate surface area is 230 Å². The Morgan fingerprint density at radius 3 is 2.72 bits per heavy atom. The van der Waals surface area contributed by atoms with E-state index in [0.29, 0.717) is 32.0 Å². The smallest absolute Gasteiger partial charge is 0.273 e. The number of rotatable bonds is 4. The van der Waals surface area contributed by atoms with Crippen LogP contribution in [-0.2, 0) is 6.42 Å². The van der Waals surface area contributed by atoms with Gasteiger partial charge in [0.25, 0.3) is 11.2 Å². The summed E-state index contributed by atoms with van der Waals surface area (Å²) in [4.78, 5) is 31.6. The van der Waals surface area contributed by atoms with Crippen LogP contribution in [0.25, 0.3) is 23.1 Å². The van der Waals surface area contributed by atoms with E-state index in [-0.39, 0.29) is 17.3 Å². The van der Waals surface area contributed by atoms with E-state index in [9.17, 15) is 14.9 Å². The van der Waals surface area contributed by atoms with Crippen LogP contribution in [0.1, 0.15) is 39.8 Å². The molecule has 0 saturated carbocycles. The van der Waals surface area contributed by atoms with Gasteiger partial charge in [-0.15, -0.1) is 11.3 Å². The number of nitrogens with zero attached hydrogens (tertiary/aromatic N) is 3. The van der Waals surface area contributed by atoms with Gasteiger partial charge in [0.15, 0.2) is 4.80 Å². The molecule has 0 amide bonds. The summed E-state index contributed by atoms with van der Waals surface area (Å²) >= 11 is 3.00. The van der Waals surface area contributed by atoms with Gasteiger partial charge in [-0.2, -0.15) is 0 Å². The van der Waals surface area contributed by atoms with Crippen LogP contribution in [0.3, 0.4) is 0 Å². The number of aryl methyl sites for hydroxylation is 1. The minimum Gasteiger partial charge on any atom is -0.457 e.